The number of ether oxygens (including phenoxy) is 1. The highest BCUT2D eigenvalue weighted by Crippen LogP contribution is 2.31. The molecule has 0 saturated carbocycles. The van der Waals surface area contributed by atoms with Crippen molar-refractivity contribution in [2.45, 2.75) is 51.6 Å². The van der Waals surface area contributed by atoms with Gasteiger partial charge in [-0.2, -0.15) is 0 Å². The van der Waals surface area contributed by atoms with Gasteiger partial charge in [0.25, 0.3) is 0 Å². The van der Waals surface area contributed by atoms with Crippen molar-refractivity contribution in [3.05, 3.63) is 0 Å². The van der Waals surface area contributed by atoms with Gasteiger partial charge in [-0.15, -0.1) is 0 Å². The number of hydrogen-bond donors (Lipinski definition) is 1. The first-order valence-corrected chi connectivity index (χ1v) is 7.22. The normalized spacial score (nSPS) is 34.8. The van der Waals surface area contributed by atoms with Gasteiger partial charge < -0.3 is 10.1 Å². The zero-order valence-electron chi connectivity index (χ0n) is 11.7. The molecule has 2 unspecified atom stereocenters. The molecule has 2 saturated heterocycles. The first kappa shape index (κ1) is 13.3. The van der Waals surface area contributed by atoms with Gasteiger partial charge in [-0.3, -0.25) is 4.90 Å². The van der Waals surface area contributed by atoms with Gasteiger partial charge >= 0.3 is 0 Å². The summed E-state index contributed by atoms with van der Waals surface area (Å²) in [6, 6.07) is 0.722. The Balaban J connectivity index is 1.91. The van der Waals surface area contributed by atoms with E-state index >= 15 is 0 Å². The second kappa shape index (κ2) is 5.68. The maximum atomic E-state index is 5.50. The smallest absolute Gasteiger partial charge is 0.0483 e. The number of piperidine rings is 1. The van der Waals surface area contributed by atoms with Gasteiger partial charge in [0.05, 0.1) is 0 Å². The van der Waals surface area contributed by atoms with Crippen molar-refractivity contribution in [3.8, 4) is 0 Å². The summed E-state index contributed by atoms with van der Waals surface area (Å²) in [7, 11) is 0. The lowest BCUT2D eigenvalue weighted by atomic mass is 9.85. The standard InChI is InChI=1S/C14H28N2O/c1-4-15-13-5-8-16(11-12(13)2)14(3)6-9-17-10-7-14/h12-13,15H,4-11H2,1-3H3. The van der Waals surface area contributed by atoms with E-state index in [9.17, 15) is 0 Å². The van der Waals surface area contributed by atoms with Crippen LogP contribution in [-0.2, 0) is 4.74 Å². The Labute approximate surface area is 106 Å². The van der Waals surface area contributed by atoms with E-state index in [-0.39, 0.29) is 0 Å². The molecular formula is C14H28N2O. The van der Waals surface area contributed by atoms with Crippen LogP contribution in [0.25, 0.3) is 0 Å². The Kier molecular flexibility index (Phi) is 4.45. The van der Waals surface area contributed by atoms with Gasteiger partial charge in [-0.1, -0.05) is 13.8 Å². The maximum Gasteiger partial charge on any atom is 0.0483 e. The molecule has 100 valence electrons. The summed E-state index contributed by atoms with van der Waals surface area (Å²) in [6.45, 7) is 12.5. The second-order valence-corrected chi connectivity index (χ2v) is 5.99. The van der Waals surface area contributed by atoms with Crippen LogP contribution < -0.4 is 5.32 Å². The van der Waals surface area contributed by atoms with E-state index in [1.54, 1.807) is 0 Å². The number of likely N-dealkylation sites (tertiary alicyclic amines) is 1. The molecule has 0 bridgehead atoms. The van der Waals surface area contributed by atoms with Gasteiger partial charge in [0, 0.05) is 37.9 Å². The molecule has 2 rings (SSSR count). The van der Waals surface area contributed by atoms with Crippen molar-refractivity contribution in [1.29, 1.82) is 0 Å². The molecule has 0 aromatic rings. The van der Waals surface area contributed by atoms with E-state index < -0.39 is 0 Å². The second-order valence-electron chi connectivity index (χ2n) is 5.99. The van der Waals surface area contributed by atoms with Gasteiger partial charge in [-0.25, -0.2) is 0 Å². The van der Waals surface area contributed by atoms with Crippen molar-refractivity contribution >= 4 is 0 Å². The fourth-order valence-corrected chi connectivity index (χ4v) is 3.33. The van der Waals surface area contributed by atoms with Crippen molar-refractivity contribution in [2.24, 2.45) is 5.92 Å². The third-order valence-electron chi connectivity index (χ3n) is 4.70. The third kappa shape index (κ3) is 3.01. The molecule has 2 atom stereocenters. The number of hydrogen-bond acceptors (Lipinski definition) is 3. The van der Waals surface area contributed by atoms with Crippen LogP contribution in [-0.4, -0.2) is 49.3 Å². The zero-order valence-corrected chi connectivity index (χ0v) is 11.7. The maximum absolute atomic E-state index is 5.50. The molecule has 0 amide bonds. The van der Waals surface area contributed by atoms with Crippen LogP contribution in [0.5, 0.6) is 0 Å². The average molecular weight is 240 g/mol. The summed E-state index contributed by atoms with van der Waals surface area (Å²) in [5, 5.41) is 3.62. The molecule has 0 spiro atoms. The lowest BCUT2D eigenvalue weighted by Gasteiger charge is -2.49. The van der Waals surface area contributed by atoms with Crippen molar-refractivity contribution < 1.29 is 4.74 Å². The molecule has 0 aromatic heterocycles. The third-order valence-corrected chi connectivity index (χ3v) is 4.70. The minimum absolute atomic E-state index is 0.393. The van der Waals surface area contributed by atoms with Crippen molar-refractivity contribution in [1.82, 2.24) is 10.2 Å². The van der Waals surface area contributed by atoms with Gasteiger partial charge in [-0.05, 0) is 38.6 Å². The van der Waals surface area contributed by atoms with E-state index in [2.05, 4.69) is 31.0 Å². The lowest BCUT2D eigenvalue weighted by molar-refractivity contribution is -0.0390. The minimum Gasteiger partial charge on any atom is -0.381 e. The van der Waals surface area contributed by atoms with Crippen LogP contribution in [0.2, 0.25) is 0 Å². The minimum atomic E-state index is 0.393. The Morgan fingerprint density at radius 2 is 2.06 bits per heavy atom. The molecule has 1 N–H and O–H groups in total. The zero-order chi connectivity index (χ0) is 12.3. The molecule has 2 heterocycles. The van der Waals surface area contributed by atoms with Crippen LogP contribution >= 0.6 is 0 Å². The molecule has 2 aliphatic heterocycles. The van der Waals surface area contributed by atoms with Gasteiger partial charge in [0.2, 0.25) is 0 Å². The predicted molar refractivity (Wildman–Crippen MR) is 71.3 cm³/mol. The van der Waals surface area contributed by atoms with Crippen LogP contribution in [0.4, 0.5) is 0 Å². The summed E-state index contributed by atoms with van der Waals surface area (Å²) in [4.78, 5) is 2.72. The SMILES string of the molecule is CCNC1CCN(C2(C)CCOCC2)CC1C. The average Bonchev–Trinajstić information content (AvgIpc) is 2.33. The number of nitrogens with zero attached hydrogens (tertiary/aromatic N) is 1. The Bertz CT molecular complexity index is 238. The molecule has 17 heavy (non-hydrogen) atoms. The van der Waals surface area contributed by atoms with E-state index in [0.717, 1.165) is 31.7 Å². The lowest BCUT2D eigenvalue weighted by Crippen LogP contribution is -2.57. The van der Waals surface area contributed by atoms with Crippen LogP contribution in [0, 0.1) is 5.92 Å². The molecule has 0 radical (unpaired) electrons. The van der Waals surface area contributed by atoms with Crippen molar-refractivity contribution in [2.75, 3.05) is 32.8 Å². The van der Waals surface area contributed by atoms with Gasteiger partial charge in [0.1, 0.15) is 0 Å². The number of rotatable bonds is 3. The Morgan fingerprint density at radius 3 is 2.65 bits per heavy atom. The van der Waals surface area contributed by atoms with Crippen LogP contribution in [0.1, 0.15) is 40.0 Å². The fourth-order valence-electron chi connectivity index (χ4n) is 3.33. The summed E-state index contributed by atoms with van der Waals surface area (Å²) >= 11 is 0. The van der Waals surface area contributed by atoms with Gasteiger partial charge in [0.15, 0.2) is 0 Å². The molecule has 2 fully saturated rings. The largest absolute Gasteiger partial charge is 0.381 e. The summed E-state index contributed by atoms with van der Waals surface area (Å²) in [5.74, 6) is 0.767. The quantitative estimate of drug-likeness (QED) is 0.815. The first-order valence-electron chi connectivity index (χ1n) is 7.22. The van der Waals surface area contributed by atoms with E-state index in [1.165, 1.54) is 32.4 Å². The fraction of sp³-hybridized carbons (Fsp3) is 1.00. The predicted octanol–water partition coefficient (Wildman–Crippen LogP) is 1.88. The van der Waals surface area contributed by atoms with E-state index in [4.69, 9.17) is 4.74 Å². The molecule has 0 aromatic carbocycles. The summed E-state index contributed by atoms with van der Waals surface area (Å²) in [6.07, 6.45) is 3.70. The first-order chi connectivity index (χ1) is 8.15. The highest BCUT2D eigenvalue weighted by molar-refractivity contribution is 4.93. The highest BCUT2D eigenvalue weighted by Gasteiger charge is 2.37. The van der Waals surface area contributed by atoms with E-state index in [1.807, 2.05) is 0 Å². The van der Waals surface area contributed by atoms with Crippen molar-refractivity contribution in [3.63, 3.8) is 0 Å². The Morgan fingerprint density at radius 1 is 1.35 bits per heavy atom. The summed E-state index contributed by atoms with van der Waals surface area (Å²) < 4.78 is 5.50. The highest BCUT2D eigenvalue weighted by atomic mass is 16.5. The van der Waals surface area contributed by atoms with Crippen LogP contribution in [0.3, 0.4) is 0 Å². The molecule has 2 aliphatic rings. The topological polar surface area (TPSA) is 24.5 Å². The molecular weight excluding hydrogens is 212 g/mol. The summed E-state index contributed by atoms with van der Waals surface area (Å²) in [5.41, 5.74) is 0.393. The van der Waals surface area contributed by atoms with E-state index in [0.29, 0.717) is 5.54 Å². The molecule has 3 nitrogen and oxygen atoms in total. The van der Waals surface area contributed by atoms with Crippen LogP contribution in [0.15, 0.2) is 0 Å². The Hall–Kier alpha value is -0.120. The number of nitrogens with one attached hydrogen (secondary N) is 1. The molecule has 0 aliphatic carbocycles. The molecule has 3 heteroatoms. The monoisotopic (exact) mass is 240 g/mol.